The molecule has 0 heterocycles. The van der Waals surface area contributed by atoms with Gasteiger partial charge in [0.05, 0.1) is 7.11 Å². The Hall–Kier alpha value is -2.00. The molecule has 0 saturated heterocycles. The van der Waals surface area contributed by atoms with Crippen molar-refractivity contribution in [1.29, 1.82) is 0 Å². The molecule has 0 aliphatic heterocycles. The Labute approximate surface area is 107 Å². The summed E-state index contributed by atoms with van der Waals surface area (Å²) in [7, 11) is 1.63. The van der Waals surface area contributed by atoms with Gasteiger partial charge in [-0.25, -0.2) is 0 Å². The van der Waals surface area contributed by atoms with Gasteiger partial charge in [-0.05, 0) is 36.8 Å². The molecule has 3 heteroatoms. The lowest BCUT2D eigenvalue weighted by Gasteiger charge is -2.12. The molecule has 0 saturated carbocycles. The third-order valence-corrected chi connectivity index (χ3v) is 2.68. The highest BCUT2D eigenvalue weighted by atomic mass is 16.5. The maximum Gasteiger partial charge on any atom is 0.169 e. The minimum atomic E-state index is -0.00813. The number of hydrogen-bond acceptors (Lipinski definition) is 3. The van der Waals surface area contributed by atoms with E-state index in [9.17, 15) is 0 Å². The Morgan fingerprint density at radius 2 is 1.72 bits per heavy atom. The summed E-state index contributed by atoms with van der Waals surface area (Å²) in [5.41, 5.74) is 6.90. The van der Waals surface area contributed by atoms with Crippen molar-refractivity contribution in [1.82, 2.24) is 0 Å². The third-order valence-electron chi connectivity index (χ3n) is 2.68. The minimum Gasteiger partial charge on any atom is -0.493 e. The molecule has 2 aromatic rings. The van der Waals surface area contributed by atoms with Crippen molar-refractivity contribution in [3.05, 3.63) is 54.1 Å². The molecule has 2 rings (SSSR count). The summed E-state index contributed by atoms with van der Waals surface area (Å²) in [6.45, 7) is 1.95. The first-order valence-electron chi connectivity index (χ1n) is 5.87. The average Bonchev–Trinajstić information content (AvgIpc) is 2.39. The highest BCUT2D eigenvalue weighted by Gasteiger charge is 2.06. The van der Waals surface area contributed by atoms with E-state index in [2.05, 4.69) is 0 Å². The fourth-order valence-electron chi connectivity index (χ4n) is 1.69. The van der Waals surface area contributed by atoms with Crippen LogP contribution in [0.1, 0.15) is 18.5 Å². The smallest absolute Gasteiger partial charge is 0.169 e. The molecule has 0 aliphatic carbocycles. The zero-order valence-electron chi connectivity index (χ0n) is 10.6. The Kier molecular flexibility index (Phi) is 3.85. The summed E-state index contributed by atoms with van der Waals surface area (Å²) in [5, 5.41) is 0. The van der Waals surface area contributed by atoms with Crippen LogP contribution in [0.3, 0.4) is 0 Å². The van der Waals surface area contributed by atoms with E-state index < -0.39 is 0 Å². The molecule has 1 unspecified atom stereocenters. The summed E-state index contributed by atoms with van der Waals surface area (Å²) in [5.74, 6) is 2.17. The van der Waals surface area contributed by atoms with Gasteiger partial charge in [0.2, 0.25) is 0 Å². The summed E-state index contributed by atoms with van der Waals surface area (Å²) >= 11 is 0. The number of nitrogens with two attached hydrogens (primary N) is 1. The summed E-state index contributed by atoms with van der Waals surface area (Å²) in [6, 6.07) is 15.3. The van der Waals surface area contributed by atoms with Crippen molar-refractivity contribution >= 4 is 0 Å². The standard InChI is InChI=1S/C15H17NO2/c1-11(16)12-6-5-7-13(10-12)18-15-9-4-3-8-14(15)17-2/h3-11H,16H2,1-2H3. The Bertz CT molecular complexity index is 523. The van der Waals surface area contributed by atoms with Crippen LogP contribution in [0.5, 0.6) is 17.2 Å². The van der Waals surface area contributed by atoms with Crippen molar-refractivity contribution in [2.75, 3.05) is 7.11 Å². The van der Waals surface area contributed by atoms with Crippen molar-refractivity contribution in [3.8, 4) is 17.2 Å². The second-order valence-electron chi connectivity index (χ2n) is 4.11. The Morgan fingerprint density at radius 3 is 2.39 bits per heavy atom. The van der Waals surface area contributed by atoms with Crippen LogP contribution in [0.4, 0.5) is 0 Å². The van der Waals surface area contributed by atoms with Crippen LogP contribution in [0.25, 0.3) is 0 Å². The number of para-hydroxylation sites is 2. The lowest BCUT2D eigenvalue weighted by Crippen LogP contribution is -2.04. The molecule has 1 atom stereocenters. The van der Waals surface area contributed by atoms with Gasteiger partial charge in [-0.15, -0.1) is 0 Å². The van der Waals surface area contributed by atoms with Gasteiger partial charge >= 0.3 is 0 Å². The molecule has 18 heavy (non-hydrogen) atoms. The van der Waals surface area contributed by atoms with E-state index in [1.807, 2.05) is 55.5 Å². The van der Waals surface area contributed by atoms with Crippen LogP contribution in [-0.2, 0) is 0 Å². The fraction of sp³-hybridized carbons (Fsp3) is 0.200. The number of hydrogen-bond donors (Lipinski definition) is 1. The maximum absolute atomic E-state index is 5.85. The van der Waals surface area contributed by atoms with E-state index in [0.29, 0.717) is 11.5 Å². The van der Waals surface area contributed by atoms with E-state index in [4.69, 9.17) is 15.2 Å². The highest BCUT2D eigenvalue weighted by molar-refractivity contribution is 5.43. The topological polar surface area (TPSA) is 44.5 Å². The number of rotatable bonds is 4. The van der Waals surface area contributed by atoms with Gasteiger partial charge in [0.15, 0.2) is 11.5 Å². The maximum atomic E-state index is 5.85. The summed E-state index contributed by atoms with van der Waals surface area (Å²) in [6.07, 6.45) is 0. The molecule has 0 bridgehead atoms. The van der Waals surface area contributed by atoms with Crippen molar-refractivity contribution < 1.29 is 9.47 Å². The van der Waals surface area contributed by atoms with E-state index in [-0.39, 0.29) is 6.04 Å². The zero-order valence-corrected chi connectivity index (χ0v) is 10.6. The van der Waals surface area contributed by atoms with Gasteiger partial charge in [0.1, 0.15) is 5.75 Å². The average molecular weight is 243 g/mol. The molecular weight excluding hydrogens is 226 g/mol. The molecule has 94 valence electrons. The second kappa shape index (κ2) is 5.56. The first-order valence-corrected chi connectivity index (χ1v) is 5.87. The van der Waals surface area contributed by atoms with Crippen LogP contribution in [0.15, 0.2) is 48.5 Å². The predicted molar refractivity (Wildman–Crippen MR) is 72.1 cm³/mol. The number of methoxy groups -OCH3 is 1. The summed E-state index contributed by atoms with van der Waals surface area (Å²) in [4.78, 5) is 0. The monoisotopic (exact) mass is 243 g/mol. The molecule has 2 aromatic carbocycles. The summed E-state index contributed by atoms with van der Waals surface area (Å²) < 4.78 is 11.1. The van der Waals surface area contributed by atoms with E-state index >= 15 is 0 Å². The quantitative estimate of drug-likeness (QED) is 0.893. The second-order valence-corrected chi connectivity index (χ2v) is 4.11. The van der Waals surface area contributed by atoms with E-state index in [0.717, 1.165) is 11.3 Å². The van der Waals surface area contributed by atoms with E-state index in [1.54, 1.807) is 7.11 Å². The van der Waals surface area contributed by atoms with Gasteiger partial charge in [0.25, 0.3) is 0 Å². The molecular formula is C15H17NO2. The number of benzene rings is 2. The molecule has 3 nitrogen and oxygen atoms in total. The molecule has 2 N–H and O–H groups in total. The Morgan fingerprint density at radius 1 is 1.00 bits per heavy atom. The van der Waals surface area contributed by atoms with Gasteiger partial charge in [-0.2, -0.15) is 0 Å². The normalized spacial score (nSPS) is 11.9. The van der Waals surface area contributed by atoms with Crippen LogP contribution in [-0.4, -0.2) is 7.11 Å². The molecule has 0 radical (unpaired) electrons. The Balaban J connectivity index is 2.25. The van der Waals surface area contributed by atoms with Gasteiger partial charge in [-0.1, -0.05) is 24.3 Å². The van der Waals surface area contributed by atoms with Crippen LogP contribution < -0.4 is 15.2 Å². The van der Waals surface area contributed by atoms with Gasteiger partial charge < -0.3 is 15.2 Å². The third kappa shape index (κ3) is 2.81. The van der Waals surface area contributed by atoms with Crippen LogP contribution in [0, 0.1) is 0 Å². The largest absolute Gasteiger partial charge is 0.493 e. The van der Waals surface area contributed by atoms with Crippen molar-refractivity contribution in [2.45, 2.75) is 13.0 Å². The highest BCUT2D eigenvalue weighted by Crippen LogP contribution is 2.31. The molecule has 0 amide bonds. The zero-order chi connectivity index (χ0) is 13.0. The predicted octanol–water partition coefficient (Wildman–Crippen LogP) is 3.51. The first-order chi connectivity index (χ1) is 8.70. The van der Waals surface area contributed by atoms with Gasteiger partial charge in [-0.3, -0.25) is 0 Å². The van der Waals surface area contributed by atoms with Gasteiger partial charge in [0, 0.05) is 6.04 Å². The fourth-order valence-corrected chi connectivity index (χ4v) is 1.69. The molecule has 0 fully saturated rings. The van der Waals surface area contributed by atoms with E-state index in [1.165, 1.54) is 0 Å². The van der Waals surface area contributed by atoms with Crippen molar-refractivity contribution in [3.63, 3.8) is 0 Å². The molecule has 0 aromatic heterocycles. The molecule has 0 aliphatic rings. The van der Waals surface area contributed by atoms with Crippen LogP contribution >= 0.6 is 0 Å². The lowest BCUT2D eigenvalue weighted by atomic mass is 10.1. The van der Waals surface area contributed by atoms with Crippen molar-refractivity contribution in [2.24, 2.45) is 5.73 Å². The number of ether oxygens (including phenoxy) is 2. The SMILES string of the molecule is COc1ccccc1Oc1cccc(C(C)N)c1. The lowest BCUT2D eigenvalue weighted by molar-refractivity contribution is 0.378. The van der Waals surface area contributed by atoms with Crippen LogP contribution in [0.2, 0.25) is 0 Å². The first kappa shape index (κ1) is 12.5. The minimum absolute atomic E-state index is 0.00813. The molecule has 0 spiro atoms.